The highest BCUT2D eigenvalue weighted by molar-refractivity contribution is 5.98. The van der Waals surface area contributed by atoms with Crippen molar-refractivity contribution >= 4 is 11.8 Å². The normalized spacial score (nSPS) is 25.1. The van der Waals surface area contributed by atoms with E-state index in [9.17, 15) is 9.59 Å². The zero-order chi connectivity index (χ0) is 22.6. The lowest BCUT2D eigenvalue weighted by molar-refractivity contribution is -0.125. The molecule has 0 radical (unpaired) electrons. The number of hydrogen-bond acceptors (Lipinski definition) is 3. The van der Waals surface area contributed by atoms with Crippen molar-refractivity contribution in [1.82, 2.24) is 15.1 Å². The van der Waals surface area contributed by atoms with Gasteiger partial charge >= 0.3 is 0 Å². The average Bonchev–Trinajstić information content (AvgIpc) is 3.51. The van der Waals surface area contributed by atoms with E-state index in [1.807, 2.05) is 41.3 Å². The minimum atomic E-state index is -0.378. The molecular weight excluding hydrogens is 410 g/mol. The molecule has 0 aromatic heterocycles. The largest absolute Gasteiger partial charge is 0.350 e. The molecule has 3 aliphatic rings. The number of nitrogens with zero attached hydrogens (tertiary/aromatic N) is 2. The van der Waals surface area contributed by atoms with Crippen molar-refractivity contribution in [2.75, 3.05) is 13.1 Å². The second kappa shape index (κ2) is 10.1. The van der Waals surface area contributed by atoms with E-state index in [-0.39, 0.29) is 23.9 Å². The minimum Gasteiger partial charge on any atom is -0.350 e. The smallest absolute Gasteiger partial charge is 0.254 e. The third kappa shape index (κ3) is 4.84. The number of carbonyl (C=O) groups is 2. The number of likely N-dealkylation sites (tertiary alicyclic amines) is 2. The Morgan fingerprint density at radius 1 is 0.848 bits per heavy atom. The minimum absolute atomic E-state index is 0.000386. The first-order valence-electron chi connectivity index (χ1n) is 12.7. The standard InChI is InChI=1S/C28H35N3O2/c32-27(29-19-23-13-4-5-14-24(23)20-30-16-8-9-17-30)26-18-22-12-6-7-15-25(22)31(26)28(33)21-10-2-1-3-11-21/h1-5,10-11,13-14,22,25-26H,6-9,12,15-20H2,(H,29,32). The predicted octanol–water partition coefficient (Wildman–Crippen LogP) is 4.37. The first-order valence-corrected chi connectivity index (χ1v) is 12.7. The van der Waals surface area contributed by atoms with Crippen LogP contribution in [0.25, 0.3) is 0 Å². The molecule has 5 rings (SSSR count). The molecule has 0 bridgehead atoms. The third-order valence-electron chi connectivity index (χ3n) is 7.81. The fraction of sp³-hybridized carbons (Fsp3) is 0.500. The molecule has 3 fully saturated rings. The summed E-state index contributed by atoms with van der Waals surface area (Å²) in [4.78, 5) is 31.3. The van der Waals surface area contributed by atoms with Gasteiger partial charge in [-0.15, -0.1) is 0 Å². The molecule has 2 heterocycles. The summed E-state index contributed by atoms with van der Waals surface area (Å²) in [6.07, 6.45) is 7.79. The Kier molecular flexibility index (Phi) is 6.77. The van der Waals surface area contributed by atoms with Gasteiger partial charge in [0.25, 0.3) is 5.91 Å². The Balaban J connectivity index is 1.30. The zero-order valence-corrected chi connectivity index (χ0v) is 19.4. The van der Waals surface area contributed by atoms with E-state index in [4.69, 9.17) is 0 Å². The van der Waals surface area contributed by atoms with Crippen LogP contribution < -0.4 is 5.32 Å². The quantitative estimate of drug-likeness (QED) is 0.718. The van der Waals surface area contributed by atoms with Crippen LogP contribution in [0, 0.1) is 5.92 Å². The molecule has 1 aliphatic carbocycles. The first-order chi connectivity index (χ1) is 16.2. The van der Waals surface area contributed by atoms with Gasteiger partial charge in [-0.05, 0) is 74.4 Å². The number of rotatable bonds is 6. The van der Waals surface area contributed by atoms with Crippen LogP contribution in [-0.4, -0.2) is 46.8 Å². The number of hydrogen-bond donors (Lipinski definition) is 1. The highest BCUT2D eigenvalue weighted by atomic mass is 16.2. The molecule has 3 atom stereocenters. The lowest BCUT2D eigenvalue weighted by Crippen LogP contribution is -2.49. The van der Waals surface area contributed by atoms with Gasteiger partial charge < -0.3 is 10.2 Å². The van der Waals surface area contributed by atoms with Crippen molar-refractivity contribution in [3.05, 3.63) is 71.3 Å². The first kappa shape index (κ1) is 22.1. The molecule has 5 nitrogen and oxygen atoms in total. The number of benzene rings is 2. The molecule has 3 unspecified atom stereocenters. The van der Waals surface area contributed by atoms with Crippen molar-refractivity contribution < 1.29 is 9.59 Å². The van der Waals surface area contributed by atoms with Crippen molar-refractivity contribution in [3.63, 3.8) is 0 Å². The lowest BCUT2D eigenvalue weighted by atomic mass is 9.84. The summed E-state index contributed by atoms with van der Waals surface area (Å²) in [6.45, 7) is 3.77. The summed E-state index contributed by atoms with van der Waals surface area (Å²) in [5, 5.41) is 3.20. The van der Waals surface area contributed by atoms with Gasteiger partial charge in [0.1, 0.15) is 6.04 Å². The van der Waals surface area contributed by atoms with Crippen LogP contribution >= 0.6 is 0 Å². The fourth-order valence-corrected chi connectivity index (χ4v) is 6.08. The topological polar surface area (TPSA) is 52.7 Å². The lowest BCUT2D eigenvalue weighted by Gasteiger charge is -2.33. The second-order valence-electron chi connectivity index (χ2n) is 9.91. The van der Waals surface area contributed by atoms with Gasteiger partial charge in [0.2, 0.25) is 5.91 Å². The Morgan fingerprint density at radius 3 is 2.33 bits per heavy atom. The average molecular weight is 446 g/mol. The van der Waals surface area contributed by atoms with Crippen molar-refractivity contribution in [3.8, 4) is 0 Å². The molecular formula is C28H35N3O2. The molecule has 1 N–H and O–H groups in total. The molecule has 2 amide bonds. The van der Waals surface area contributed by atoms with Crippen LogP contribution in [0.1, 0.15) is 66.4 Å². The Bertz CT molecular complexity index is 970. The van der Waals surface area contributed by atoms with E-state index in [0.29, 0.717) is 18.0 Å². The molecule has 1 saturated carbocycles. The monoisotopic (exact) mass is 445 g/mol. The van der Waals surface area contributed by atoms with Gasteiger partial charge in [-0.2, -0.15) is 0 Å². The van der Waals surface area contributed by atoms with Crippen molar-refractivity contribution in [2.45, 2.75) is 70.1 Å². The maximum Gasteiger partial charge on any atom is 0.254 e. The van der Waals surface area contributed by atoms with Gasteiger partial charge in [0, 0.05) is 24.7 Å². The van der Waals surface area contributed by atoms with Crippen LogP contribution in [0.4, 0.5) is 0 Å². The van der Waals surface area contributed by atoms with E-state index in [1.54, 1.807) is 0 Å². The van der Waals surface area contributed by atoms with E-state index in [0.717, 1.165) is 45.3 Å². The van der Waals surface area contributed by atoms with Gasteiger partial charge in [0.15, 0.2) is 0 Å². The summed E-state index contributed by atoms with van der Waals surface area (Å²) in [5.41, 5.74) is 3.14. The Labute approximate surface area is 197 Å². The maximum absolute atomic E-state index is 13.5. The summed E-state index contributed by atoms with van der Waals surface area (Å²) < 4.78 is 0. The molecule has 5 heteroatoms. The molecule has 33 heavy (non-hydrogen) atoms. The third-order valence-corrected chi connectivity index (χ3v) is 7.81. The van der Waals surface area contributed by atoms with Crippen LogP contribution in [0.15, 0.2) is 54.6 Å². The SMILES string of the molecule is O=C(NCc1ccccc1CN1CCCC1)C1CC2CCCCC2N1C(=O)c1ccccc1. The highest BCUT2D eigenvalue weighted by Gasteiger charge is 2.47. The summed E-state index contributed by atoms with van der Waals surface area (Å²) in [5.74, 6) is 0.425. The van der Waals surface area contributed by atoms with Crippen LogP contribution in [0.5, 0.6) is 0 Å². The van der Waals surface area contributed by atoms with Gasteiger partial charge in [-0.1, -0.05) is 55.3 Å². The second-order valence-corrected chi connectivity index (χ2v) is 9.91. The van der Waals surface area contributed by atoms with E-state index >= 15 is 0 Å². The van der Waals surface area contributed by atoms with E-state index < -0.39 is 0 Å². The Hall–Kier alpha value is -2.66. The highest BCUT2D eigenvalue weighted by Crippen LogP contribution is 2.40. The molecule has 0 spiro atoms. The molecule has 2 saturated heterocycles. The summed E-state index contributed by atoms with van der Waals surface area (Å²) in [7, 11) is 0. The Morgan fingerprint density at radius 2 is 1.55 bits per heavy atom. The zero-order valence-electron chi connectivity index (χ0n) is 19.4. The maximum atomic E-state index is 13.5. The number of amides is 2. The van der Waals surface area contributed by atoms with Gasteiger partial charge in [-0.3, -0.25) is 14.5 Å². The van der Waals surface area contributed by atoms with Crippen LogP contribution in [-0.2, 0) is 17.9 Å². The molecule has 174 valence electrons. The van der Waals surface area contributed by atoms with E-state index in [1.165, 1.54) is 30.4 Å². The predicted molar refractivity (Wildman–Crippen MR) is 130 cm³/mol. The number of nitrogens with one attached hydrogen (secondary N) is 1. The molecule has 2 aromatic rings. The molecule has 2 aromatic carbocycles. The number of carbonyl (C=O) groups excluding carboxylic acids is 2. The van der Waals surface area contributed by atoms with Crippen LogP contribution in [0.3, 0.4) is 0 Å². The van der Waals surface area contributed by atoms with Crippen LogP contribution in [0.2, 0.25) is 0 Å². The van der Waals surface area contributed by atoms with Gasteiger partial charge in [-0.25, -0.2) is 0 Å². The van der Waals surface area contributed by atoms with E-state index in [2.05, 4.69) is 28.4 Å². The van der Waals surface area contributed by atoms with Crippen molar-refractivity contribution in [1.29, 1.82) is 0 Å². The summed E-state index contributed by atoms with van der Waals surface area (Å²) >= 11 is 0. The fourth-order valence-electron chi connectivity index (χ4n) is 6.08. The summed E-state index contributed by atoms with van der Waals surface area (Å²) in [6, 6.07) is 17.7. The van der Waals surface area contributed by atoms with Crippen molar-refractivity contribution in [2.24, 2.45) is 5.92 Å². The van der Waals surface area contributed by atoms with Gasteiger partial charge in [0.05, 0.1) is 0 Å². The molecule has 2 aliphatic heterocycles. The number of fused-ring (bicyclic) bond motifs is 1.